The number of nitrogens with one attached hydrogen (secondary N) is 1. The molecule has 164 valence electrons. The van der Waals surface area contributed by atoms with Gasteiger partial charge in [0.05, 0.1) is 0 Å². The zero-order valence-electron chi connectivity index (χ0n) is 19.3. The van der Waals surface area contributed by atoms with Gasteiger partial charge in [-0.25, -0.2) is 0 Å². The van der Waals surface area contributed by atoms with E-state index < -0.39 is 0 Å². The molecule has 0 saturated heterocycles. The van der Waals surface area contributed by atoms with Gasteiger partial charge in [0, 0.05) is 11.4 Å². The first-order chi connectivity index (χ1) is 16.7. The lowest BCUT2D eigenvalue weighted by Crippen LogP contribution is -1.93. The van der Waals surface area contributed by atoms with Crippen molar-refractivity contribution in [1.29, 1.82) is 0 Å². The van der Waals surface area contributed by atoms with Crippen LogP contribution in [0.2, 0.25) is 0 Å². The second-order valence-electron chi connectivity index (χ2n) is 8.56. The summed E-state index contributed by atoms with van der Waals surface area (Å²) in [6, 6.07) is 45.3. The SMILES string of the molecule is C=C(C)Nc1ccc(-c2ccccc2-c2cc(-c3ccccc3)cc(-c3ccccc3)c2)cc1. The minimum absolute atomic E-state index is 0.930. The van der Waals surface area contributed by atoms with Crippen molar-refractivity contribution in [2.45, 2.75) is 6.92 Å². The van der Waals surface area contributed by atoms with Gasteiger partial charge in [0.1, 0.15) is 0 Å². The molecule has 0 aliphatic rings. The molecule has 0 spiro atoms. The van der Waals surface area contributed by atoms with Gasteiger partial charge in [0.2, 0.25) is 0 Å². The maximum atomic E-state index is 3.94. The van der Waals surface area contributed by atoms with Gasteiger partial charge in [0.15, 0.2) is 0 Å². The van der Waals surface area contributed by atoms with Crippen molar-refractivity contribution < 1.29 is 0 Å². The van der Waals surface area contributed by atoms with Gasteiger partial charge >= 0.3 is 0 Å². The monoisotopic (exact) mass is 437 g/mol. The van der Waals surface area contributed by atoms with Crippen LogP contribution < -0.4 is 5.32 Å². The Morgan fingerprint density at radius 2 is 0.912 bits per heavy atom. The summed E-state index contributed by atoms with van der Waals surface area (Å²) in [5, 5.41) is 3.29. The van der Waals surface area contributed by atoms with Gasteiger partial charge in [-0.05, 0) is 81.8 Å². The maximum Gasteiger partial charge on any atom is 0.0381 e. The Bertz CT molecular complexity index is 1360. The maximum absolute atomic E-state index is 3.94. The fraction of sp³-hybridized carbons (Fsp3) is 0.0303. The molecular weight excluding hydrogens is 410 g/mol. The van der Waals surface area contributed by atoms with Crippen LogP contribution >= 0.6 is 0 Å². The second-order valence-corrected chi connectivity index (χ2v) is 8.56. The minimum atomic E-state index is 0.930. The van der Waals surface area contributed by atoms with Crippen LogP contribution in [0.25, 0.3) is 44.5 Å². The molecule has 1 heteroatoms. The van der Waals surface area contributed by atoms with E-state index in [-0.39, 0.29) is 0 Å². The van der Waals surface area contributed by atoms with Crippen LogP contribution in [-0.2, 0) is 0 Å². The molecule has 0 unspecified atom stereocenters. The third kappa shape index (κ3) is 4.69. The standard InChI is InChI=1S/C33H27N/c1-24(2)34-31-19-17-27(18-20-31)32-15-9-10-16-33(32)30-22-28(25-11-5-3-6-12-25)21-29(23-30)26-13-7-4-8-14-26/h3-23,34H,1H2,2H3. The Morgan fingerprint density at radius 1 is 0.471 bits per heavy atom. The molecule has 0 radical (unpaired) electrons. The second kappa shape index (κ2) is 9.64. The zero-order chi connectivity index (χ0) is 23.3. The number of rotatable bonds is 6. The molecule has 34 heavy (non-hydrogen) atoms. The van der Waals surface area contributed by atoms with E-state index in [1.165, 1.54) is 44.5 Å². The van der Waals surface area contributed by atoms with Gasteiger partial charge in [-0.1, -0.05) is 104 Å². The molecule has 5 rings (SSSR count). The smallest absolute Gasteiger partial charge is 0.0381 e. The van der Waals surface area contributed by atoms with Crippen LogP contribution in [0, 0.1) is 0 Å². The summed E-state index contributed by atoms with van der Waals surface area (Å²) >= 11 is 0. The van der Waals surface area contributed by atoms with Crippen molar-refractivity contribution in [3.05, 3.63) is 140 Å². The van der Waals surface area contributed by atoms with Crippen molar-refractivity contribution in [1.82, 2.24) is 0 Å². The van der Waals surface area contributed by atoms with Crippen LogP contribution in [0.5, 0.6) is 0 Å². The fourth-order valence-corrected chi connectivity index (χ4v) is 4.34. The Morgan fingerprint density at radius 3 is 1.41 bits per heavy atom. The molecule has 5 aromatic rings. The summed E-state index contributed by atoms with van der Waals surface area (Å²) in [6.45, 7) is 5.91. The van der Waals surface area contributed by atoms with E-state index in [4.69, 9.17) is 0 Å². The summed E-state index contributed by atoms with van der Waals surface area (Å²) in [7, 11) is 0. The molecule has 1 N–H and O–H groups in total. The van der Waals surface area contributed by atoms with E-state index in [0.29, 0.717) is 0 Å². The predicted octanol–water partition coefficient (Wildman–Crippen LogP) is 9.30. The van der Waals surface area contributed by atoms with Crippen LogP contribution in [0.3, 0.4) is 0 Å². The molecule has 0 fully saturated rings. The number of benzene rings is 5. The molecule has 5 aromatic carbocycles. The van der Waals surface area contributed by atoms with Crippen LogP contribution in [0.4, 0.5) is 5.69 Å². The fourth-order valence-electron chi connectivity index (χ4n) is 4.34. The molecular formula is C33H27N. The van der Waals surface area contributed by atoms with E-state index in [2.05, 4.69) is 139 Å². The molecule has 0 aromatic heterocycles. The normalized spacial score (nSPS) is 10.6. The summed E-state index contributed by atoms with van der Waals surface area (Å²) in [5.74, 6) is 0. The molecule has 0 aliphatic carbocycles. The summed E-state index contributed by atoms with van der Waals surface area (Å²) in [4.78, 5) is 0. The van der Waals surface area contributed by atoms with E-state index in [1.807, 2.05) is 6.92 Å². The van der Waals surface area contributed by atoms with Crippen molar-refractivity contribution in [3.63, 3.8) is 0 Å². The highest BCUT2D eigenvalue weighted by Crippen LogP contribution is 2.37. The lowest BCUT2D eigenvalue weighted by molar-refractivity contribution is 1.40. The average molecular weight is 438 g/mol. The lowest BCUT2D eigenvalue weighted by atomic mass is 9.89. The summed E-state index contributed by atoms with van der Waals surface area (Å²) in [5.41, 5.74) is 11.7. The van der Waals surface area contributed by atoms with Crippen molar-refractivity contribution in [2.75, 3.05) is 5.32 Å². The molecule has 0 aliphatic heterocycles. The predicted molar refractivity (Wildman–Crippen MR) is 147 cm³/mol. The topological polar surface area (TPSA) is 12.0 Å². The largest absolute Gasteiger partial charge is 0.360 e. The van der Waals surface area contributed by atoms with E-state index in [0.717, 1.165) is 11.4 Å². The number of allylic oxidation sites excluding steroid dienone is 1. The number of anilines is 1. The van der Waals surface area contributed by atoms with E-state index in [9.17, 15) is 0 Å². The Kier molecular flexibility index (Phi) is 6.09. The summed E-state index contributed by atoms with van der Waals surface area (Å²) in [6.07, 6.45) is 0. The molecule has 0 atom stereocenters. The molecule has 0 heterocycles. The van der Waals surface area contributed by atoms with Gasteiger partial charge < -0.3 is 5.32 Å². The van der Waals surface area contributed by atoms with Crippen molar-refractivity contribution in [3.8, 4) is 44.5 Å². The van der Waals surface area contributed by atoms with Crippen molar-refractivity contribution in [2.24, 2.45) is 0 Å². The van der Waals surface area contributed by atoms with Crippen LogP contribution in [0.15, 0.2) is 140 Å². The minimum Gasteiger partial charge on any atom is -0.360 e. The number of hydrogen-bond donors (Lipinski definition) is 1. The highest BCUT2D eigenvalue weighted by molar-refractivity contribution is 5.88. The highest BCUT2D eigenvalue weighted by atomic mass is 14.9. The van der Waals surface area contributed by atoms with Crippen LogP contribution in [0.1, 0.15) is 6.92 Å². The number of hydrogen-bond acceptors (Lipinski definition) is 1. The quantitative estimate of drug-likeness (QED) is 0.279. The Balaban J connectivity index is 1.65. The van der Waals surface area contributed by atoms with E-state index in [1.54, 1.807) is 0 Å². The average Bonchev–Trinajstić information content (AvgIpc) is 2.89. The first-order valence-electron chi connectivity index (χ1n) is 11.6. The first kappa shape index (κ1) is 21.5. The zero-order valence-corrected chi connectivity index (χ0v) is 19.3. The Hall–Kier alpha value is -4.36. The van der Waals surface area contributed by atoms with Gasteiger partial charge in [-0.3, -0.25) is 0 Å². The summed E-state index contributed by atoms with van der Waals surface area (Å²) < 4.78 is 0. The molecule has 1 nitrogen and oxygen atoms in total. The molecule has 0 amide bonds. The molecule has 0 saturated carbocycles. The lowest BCUT2D eigenvalue weighted by Gasteiger charge is -2.15. The van der Waals surface area contributed by atoms with Crippen molar-refractivity contribution >= 4 is 5.69 Å². The Labute approximate surface area is 202 Å². The molecule has 0 bridgehead atoms. The van der Waals surface area contributed by atoms with Crippen LogP contribution in [-0.4, -0.2) is 0 Å². The third-order valence-corrected chi connectivity index (χ3v) is 5.94. The van der Waals surface area contributed by atoms with E-state index >= 15 is 0 Å². The van der Waals surface area contributed by atoms with Gasteiger partial charge in [-0.2, -0.15) is 0 Å². The van der Waals surface area contributed by atoms with Gasteiger partial charge in [-0.15, -0.1) is 0 Å². The first-order valence-corrected chi connectivity index (χ1v) is 11.6. The van der Waals surface area contributed by atoms with Gasteiger partial charge in [0.25, 0.3) is 0 Å². The third-order valence-electron chi connectivity index (χ3n) is 5.94. The highest BCUT2D eigenvalue weighted by Gasteiger charge is 2.11.